The maximum Gasteiger partial charge on any atom is 0.220 e. The van der Waals surface area contributed by atoms with Gasteiger partial charge >= 0.3 is 0 Å². The molecule has 108 valence electrons. The predicted octanol–water partition coefficient (Wildman–Crippen LogP) is 2.47. The summed E-state index contributed by atoms with van der Waals surface area (Å²) >= 11 is 0. The molecule has 1 atom stereocenters. The third-order valence-corrected chi connectivity index (χ3v) is 2.78. The summed E-state index contributed by atoms with van der Waals surface area (Å²) in [5.74, 6) is -0.226. The Morgan fingerprint density at radius 3 is 2.74 bits per heavy atom. The van der Waals surface area contributed by atoms with E-state index in [1.807, 2.05) is 19.9 Å². The van der Waals surface area contributed by atoms with Crippen molar-refractivity contribution in [2.45, 2.75) is 26.2 Å². The van der Waals surface area contributed by atoms with Crippen LogP contribution >= 0.6 is 12.4 Å². The van der Waals surface area contributed by atoms with Crippen LogP contribution in [0.2, 0.25) is 0 Å². The van der Waals surface area contributed by atoms with Crippen LogP contribution in [-0.4, -0.2) is 25.5 Å². The molecule has 2 N–H and O–H groups in total. The molecule has 0 aliphatic rings. The van der Waals surface area contributed by atoms with Crippen LogP contribution in [-0.2, 0) is 4.79 Å². The first-order valence-electron chi connectivity index (χ1n) is 6.36. The van der Waals surface area contributed by atoms with Gasteiger partial charge in [0.15, 0.2) is 0 Å². The van der Waals surface area contributed by atoms with Crippen molar-refractivity contribution in [3.63, 3.8) is 0 Å². The number of rotatable bonds is 7. The molecule has 0 saturated heterocycles. The van der Waals surface area contributed by atoms with Gasteiger partial charge in [0, 0.05) is 19.5 Å². The molecule has 0 fully saturated rings. The minimum Gasteiger partial charge on any atom is -0.355 e. The molecule has 0 spiro atoms. The second kappa shape index (κ2) is 9.75. The van der Waals surface area contributed by atoms with Crippen LogP contribution in [0.15, 0.2) is 24.3 Å². The standard InChI is InChI=1S/C14H21FN2O.ClH/c1-3-16-7-8-17-14(18)9-11(2)12-5-4-6-13(15)10-12;/h4-6,10-11,16H,3,7-9H2,1-2H3,(H,17,18);1H. The van der Waals surface area contributed by atoms with E-state index in [0.717, 1.165) is 18.7 Å². The molecule has 3 nitrogen and oxygen atoms in total. The van der Waals surface area contributed by atoms with Gasteiger partial charge in [0.25, 0.3) is 0 Å². The van der Waals surface area contributed by atoms with Crippen LogP contribution in [0.5, 0.6) is 0 Å². The zero-order valence-electron chi connectivity index (χ0n) is 11.4. The largest absolute Gasteiger partial charge is 0.355 e. The lowest BCUT2D eigenvalue weighted by Gasteiger charge is -2.12. The lowest BCUT2D eigenvalue weighted by Crippen LogP contribution is -2.32. The third-order valence-electron chi connectivity index (χ3n) is 2.78. The van der Waals surface area contributed by atoms with Crippen LogP contribution in [0.4, 0.5) is 4.39 Å². The van der Waals surface area contributed by atoms with E-state index in [1.54, 1.807) is 6.07 Å². The monoisotopic (exact) mass is 288 g/mol. The van der Waals surface area contributed by atoms with Gasteiger partial charge in [-0.3, -0.25) is 4.79 Å². The van der Waals surface area contributed by atoms with Gasteiger partial charge in [-0.15, -0.1) is 12.4 Å². The second-order valence-electron chi connectivity index (χ2n) is 4.36. The zero-order chi connectivity index (χ0) is 13.4. The third kappa shape index (κ3) is 7.13. The Balaban J connectivity index is 0.00000324. The first-order valence-corrected chi connectivity index (χ1v) is 6.36. The molecule has 1 aromatic rings. The molecule has 1 amide bonds. The molecule has 1 unspecified atom stereocenters. The van der Waals surface area contributed by atoms with Gasteiger partial charge in [0.1, 0.15) is 5.82 Å². The highest BCUT2D eigenvalue weighted by atomic mass is 35.5. The molecule has 1 rings (SSSR count). The van der Waals surface area contributed by atoms with E-state index in [1.165, 1.54) is 12.1 Å². The normalized spacial score (nSPS) is 11.5. The SMILES string of the molecule is CCNCCNC(=O)CC(C)c1cccc(F)c1.Cl. The Morgan fingerprint density at radius 2 is 2.11 bits per heavy atom. The Morgan fingerprint density at radius 1 is 1.37 bits per heavy atom. The Kier molecular flexibility index (Phi) is 9.17. The minimum atomic E-state index is -0.257. The number of hydrogen-bond acceptors (Lipinski definition) is 2. The molecule has 0 aromatic heterocycles. The summed E-state index contributed by atoms with van der Waals surface area (Å²) in [5.41, 5.74) is 0.858. The van der Waals surface area contributed by atoms with Crippen molar-refractivity contribution < 1.29 is 9.18 Å². The van der Waals surface area contributed by atoms with Crippen molar-refractivity contribution in [2.75, 3.05) is 19.6 Å². The van der Waals surface area contributed by atoms with E-state index in [2.05, 4.69) is 10.6 Å². The summed E-state index contributed by atoms with van der Waals surface area (Å²) in [7, 11) is 0. The molecular formula is C14H22ClFN2O. The van der Waals surface area contributed by atoms with Crippen LogP contribution in [0.1, 0.15) is 31.7 Å². The Hall–Kier alpha value is -1.13. The summed E-state index contributed by atoms with van der Waals surface area (Å²) in [6.07, 6.45) is 0.385. The van der Waals surface area contributed by atoms with Crippen LogP contribution in [0, 0.1) is 5.82 Å². The summed E-state index contributed by atoms with van der Waals surface area (Å²) in [6, 6.07) is 6.41. The van der Waals surface area contributed by atoms with Crippen molar-refractivity contribution in [1.29, 1.82) is 0 Å². The number of carbonyl (C=O) groups excluding carboxylic acids is 1. The van der Waals surface area contributed by atoms with Gasteiger partial charge < -0.3 is 10.6 Å². The molecule has 1 aromatic carbocycles. The van der Waals surface area contributed by atoms with E-state index in [4.69, 9.17) is 0 Å². The van der Waals surface area contributed by atoms with Crippen LogP contribution < -0.4 is 10.6 Å². The Labute approximate surface area is 120 Å². The molecule has 0 aliphatic heterocycles. The topological polar surface area (TPSA) is 41.1 Å². The van der Waals surface area contributed by atoms with Crippen molar-refractivity contribution in [3.05, 3.63) is 35.6 Å². The summed E-state index contributed by atoms with van der Waals surface area (Å²) in [4.78, 5) is 11.6. The van der Waals surface area contributed by atoms with E-state index in [-0.39, 0.29) is 30.0 Å². The van der Waals surface area contributed by atoms with Gasteiger partial charge in [-0.05, 0) is 30.2 Å². The van der Waals surface area contributed by atoms with E-state index in [0.29, 0.717) is 13.0 Å². The summed E-state index contributed by atoms with van der Waals surface area (Å²) < 4.78 is 13.0. The number of carbonyl (C=O) groups is 1. The average molecular weight is 289 g/mol. The van der Waals surface area contributed by atoms with Gasteiger partial charge in [0.05, 0.1) is 0 Å². The minimum absolute atomic E-state index is 0. The van der Waals surface area contributed by atoms with E-state index in [9.17, 15) is 9.18 Å². The molecule has 0 saturated carbocycles. The summed E-state index contributed by atoms with van der Waals surface area (Å²) in [5, 5.41) is 5.97. The Bertz CT molecular complexity index is 387. The maximum absolute atomic E-state index is 13.0. The zero-order valence-corrected chi connectivity index (χ0v) is 12.2. The number of amides is 1. The molecule has 0 aliphatic carbocycles. The molecular weight excluding hydrogens is 267 g/mol. The van der Waals surface area contributed by atoms with Gasteiger partial charge in [0.2, 0.25) is 5.91 Å². The first kappa shape index (κ1) is 17.9. The highest BCUT2D eigenvalue weighted by Gasteiger charge is 2.11. The van der Waals surface area contributed by atoms with E-state index >= 15 is 0 Å². The lowest BCUT2D eigenvalue weighted by atomic mass is 9.97. The smallest absolute Gasteiger partial charge is 0.220 e. The molecule has 0 bridgehead atoms. The predicted molar refractivity (Wildman–Crippen MR) is 78.2 cm³/mol. The highest BCUT2D eigenvalue weighted by molar-refractivity contribution is 5.85. The lowest BCUT2D eigenvalue weighted by molar-refractivity contribution is -0.121. The molecule has 0 heterocycles. The van der Waals surface area contributed by atoms with Crippen LogP contribution in [0.3, 0.4) is 0 Å². The van der Waals surface area contributed by atoms with E-state index < -0.39 is 0 Å². The number of halogens is 2. The fourth-order valence-electron chi connectivity index (χ4n) is 1.75. The van der Waals surface area contributed by atoms with Crippen molar-refractivity contribution in [3.8, 4) is 0 Å². The first-order chi connectivity index (χ1) is 8.63. The number of nitrogens with one attached hydrogen (secondary N) is 2. The fourth-order valence-corrected chi connectivity index (χ4v) is 1.75. The quantitative estimate of drug-likeness (QED) is 0.757. The molecule has 5 heteroatoms. The maximum atomic E-state index is 13.0. The van der Waals surface area contributed by atoms with Gasteiger partial charge in [-0.1, -0.05) is 26.0 Å². The highest BCUT2D eigenvalue weighted by Crippen LogP contribution is 2.19. The molecule has 0 radical (unpaired) electrons. The fraction of sp³-hybridized carbons (Fsp3) is 0.500. The number of likely N-dealkylation sites (N-methyl/N-ethyl adjacent to an activating group) is 1. The molecule has 19 heavy (non-hydrogen) atoms. The number of hydrogen-bond donors (Lipinski definition) is 2. The van der Waals surface area contributed by atoms with Crippen LogP contribution in [0.25, 0.3) is 0 Å². The van der Waals surface area contributed by atoms with Gasteiger partial charge in [-0.2, -0.15) is 0 Å². The van der Waals surface area contributed by atoms with Gasteiger partial charge in [-0.25, -0.2) is 4.39 Å². The second-order valence-corrected chi connectivity index (χ2v) is 4.36. The summed E-state index contributed by atoms with van der Waals surface area (Å²) in [6.45, 7) is 6.25. The average Bonchev–Trinajstić information content (AvgIpc) is 2.34. The number of benzene rings is 1. The van der Waals surface area contributed by atoms with Crippen molar-refractivity contribution in [2.24, 2.45) is 0 Å². The van der Waals surface area contributed by atoms with Crippen molar-refractivity contribution in [1.82, 2.24) is 10.6 Å². The van der Waals surface area contributed by atoms with Crippen molar-refractivity contribution >= 4 is 18.3 Å².